The summed E-state index contributed by atoms with van der Waals surface area (Å²) in [5, 5.41) is 5.16. The van der Waals surface area contributed by atoms with Crippen LogP contribution >= 0.6 is 0 Å². The fourth-order valence-electron chi connectivity index (χ4n) is 12.5. The van der Waals surface area contributed by atoms with Gasteiger partial charge in [0.05, 0.1) is 44.5 Å². The van der Waals surface area contributed by atoms with Crippen LogP contribution in [0.3, 0.4) is 0 Å². The predicted molar refractivity (Wildman–Crippen MR) is 345 cm³/mol. The Morgan fingerprint density at radius 1 is 0.373 bits per heavy atom. The number of hydrogen-bond donors (Lipinski definition) is 0. The number of furan rings is 1. The molecule has 4 heterocycles. The van der Waals surface area contributed by atoms with Gasteiger partial charge in [-0.25, -0.2) is 9.97 Å². The number of nitrogens with zero attached hydrogens (tertiary/aromatic N) is 5. The lowest BCUT2D eigenvalue weighted by Crippen LogP contribution is -2.09. The number of benzene rings is 10. The number of ether oxygens (including phenoxy) is 1. The molecule has 0 N–H and O–H groups in total. The third-order valence-electron chi connectivity index (χ3n) is 16.6. The summed E-state index contributed by atoms with van der Waals surface area (Å²) in [5.74, 6) is 3.79. The molecule has 0 aliphatic heterocycles. The zero-order chi connectivity index (χ0) is 56.8. The minimum Gasteiger partial charge on any atom is -0.457 e. The zero-order valence-corrected chi connectivity index (χ0v) is 48.5. The second kappa shape index (κ2) is 20.4. The van der Waals surface area contributed by atoms with Crippen molar-refractivity contribution < 1.29 is 9.15 Å². The van der Waals surface area contributed by atoms with Gasteiger partial charge in [-0.3, -0.25) is 14.1 Å². The van der Waals surface area contributed by atoms with Gasteiger partial charge in [-0.05, 0) is 189 Å². The van der Waals surface area contributed by atoms with Gasteiger partial charge in [0.1, 0.15) is 34.3 Å². The van der Waals surface area contributed by atoms with E-state index >= 15 is 0 Å². The van der Waals surface area contributed by atoms with Crippen LogP contribution in [0.5, 0.6) is 11.5 Å². The molecule has 14 aromatic rings. The molecule has 0 saturated carbocycles. The van der Waals surface area contributed by atoms with Crippen LogP contribution in [0.2, 0.25) is 0 Å². The largest absolute Gasteiger partial charge is 0.457 e. The van der Waals surface area contributed by atoms with Gasteiger partial charge in [0.25, 0.3) is 0 Å². The summed E-state index contributed by atoms with van der Waals surface area (Å²) in [5.41, 5.74) is 21.3. The molecule has 14 rings (SSSR count). The average molecular weight is 1080 g/mol. The molecule has 0 radical (unpaired) electrons. The van der Waals surface area contributed by atoms with Crippen LogP contribution in [0, 0.1) is 6.92 Å². The molecule has 0 unspecified atom stereocenters. The van der Waals surface area contributed by atoms with Crippen LogP contribution in [0.1, 0.15) is 107 Å². The highest BCUT2D eigenvalue weighted by atomic mass is 16.5. The van der Waals surface area contributed by atoms with E-state index in [2.05, 4.69) is 265 Å². The van der Waals surface area contributed by atoms with Crippen molar-refractivity contribution in [1.29, 1.82) is 0 Å². The van der Waals surface area contributed by atoms with Gasteiger partial charge in [0.2, 0.25) is 0 Å². The Bertz CT molecular complexity index is 4790. The van der Waals surface area contributed by atoms with Crippen molar-refractivity contribution in [3.05, 3.63) is 234 Å². The smallest absolute Gasteiger partial charge is 0.149 e. The SMILES string of the molecule is Cc1ccc2cc3cc4oc5c(-c6nc7ccccc7n6-c6c(C(C)C)cc(-c7ccccc7)cc6C(C)C)cc(Oc6cccc(-c7nc8ccccc8n7-c7c(C(C)C)cc(-c8ccccc8)cc7C(C)C)c6)cc5c4cc3cc2n1. The molecule has 0 bridgehead atoms. The summed E-state index contributed by atoms with van der Waals surface area (Å²) in [6, 6.07) is 73.7. The molecule has 0 saturated heterocycles. The van der Waals surface area contributed by atoms with Crippen LogP contribution in [-0.2, 0) is 0 Å². The molecule has 0 fully saturated rings. The Morgan fingerprint density at radius 2 is 0.892 bits per heavy atom. The molecule has 10 aromatic carbocycles. The van der Waals surface area contributed by atoms with E-state index < -0.39 is 0 Å². The summed E-state index contributed by atoms with van der Waals surface area (Å²) < 4.78 is 19.3. The first-order valence-electron chi connectivity index (χ1n) is 29.3. The highest BCUT2D eigenvalue weighted by Crippen LogP contribution is 2.47. The summed E-state index contributed by atoms with van der Waals surface area (Å²) in [6.07, 6.45) is 0. The topological polar surface area (TPSA) is 70.9 Å². The third kappa shape index (κ3) is 9.03. The zero-order valence-electron chi connectivity index (χ0n) is 48.5. The summed E-state index contributed by atoms with van der Waals surface area (Å²) in [7, 11) is 0. The normalized spacial score (nSPS) is 12.1. The van der Waals surface area contributed by atoms with E-state index in [1.54, 1.807) is 0 Å². The van der Waals surface area contributed by atoms with Crippen LogP contribution < -0.4 is 4.74 Å². The van der Waals surface area contributed by atoms with Gasteiger partial charge >= 0.3 is 0 Å². The molecule has 406 valence electrons. The van der Waals surface area contributed by atoms with Gasteiger partial charge < -0.3 is 9.15 Å². The molecule has 83 heavy (non-hydrogen) atoms. The molecule has 4 aromatic heterocycles. The first kappa shape index (κ1) is 51.5. The second-order valence-electron chi connectivity index (χ2n) is 23.6. The molecular formula is C76H65N5O2. The highest BCUT2D eigenvalue weighted by Gasteiger charge is 2.28. The van der Waals surface area contributed by atoms with E-state index in [1.807, 2.05) is 13.0 Å². The number of pyridine rings is 1. The maximum absolute atomic E-state index is 7.28. The first-order valence-corrected chi connectivity index (χ1v) is 29.3. The van der Waals surface area contributed by atoms with Gasteiger partial charge in [0, 0.05) is 27.4 Å². The Kier molecular flexibility index (Phi) is 12.7. The number of aryl methyl sites for hydroxylation is 1. The average Bonchev–Trinajstić information content (AvgIpc) is 2.21. The van der Waals surface area contributed by atoms with Crippen molar-refractivity contribution in [1.82, 2.24) is 24.1 Å². The number of imidazole rings is 2. The maximum atomic E-state index is 7.28. The predicted octanol–water partition coefficient (Wildman–Crippen LogP) is 21.2. The molecular weight excluding hydrogens is 1010 g/mol. The van der Waals surface area contributed by atoms with Gasteiger partial charge in [-0.2, -0.15) is 0 Å². The summed E-state index contributed by atoms with van der Waals surface area (Å²) in [4.78, 5) is 16.0. The van der Waals surface area contributed by atoms with Gasteiger partial charge in [-0.15, -0.1) is 0 Å². The number of aromatic nitrogens is 5. The van der Waals surface area contributed by atoms with E-state index in [-0.39, 0.29) is 23.7 Å². The van der Waals surface area contributed by atoms with Crippen LogP contribution in [-0.4, -0.2) is 24.1 Å². The fraction of sp³-hybridized carbons (Fsp3) is 0.171. The van der Waals surface area contributed by atoms with Crippen molar-refractivity contribution >= 4 is 65.7 Å². The Hall–Kier alpha value is -9.59. The number of para-hydroxylation sites is 4. The minimum absolute atomic E-state index is 0.185. The van der Waals surface area contributed by atoms with Crippen molar-refractivity contribution in [3.63, 3.8) is 0 Å². The van der Waals surface area contributed by atoms with Gasteiger partial charge in [-0.1, -0.05) is 159 Å². The van der Waals surface area contributed by atoms with Gasteiger partial charge in [0.15, 0.2) is 0 Å². The standard InChI is InChI=1S/C76H65N5O2/c1-44(2)59-35-54(49-21-12-10-13-22-49)36-60(45(3)4)72(59)80-69-29-18-16-27-66(69)78-75(80)52-25-20-26-57(34-52)82-58-42-64-63-39-56-40-68-51(32-31-48(9)77-68)33-53(56)41-71(63)83-74(64)65(43-58)76-79-67-28-17-19-30-70(67)81(76)73-61(46(5)6)37-55(38-62(73)47(7)8)50-23-14-11-15-24-50/h10-47H,1-9H3. The van der Waals surface area contributed by atoms with E-state index in [0.717, 1.165) is 99.8 Å². The molecule has 7 nitrogen and oxygen atoms in total. The first-order chi connectivity index (χ1) is 40.3. The highest BCUT2D eigenvalue weighted by molar-refractivity contribution is 6.15. The second-order valence-corrected chi connectivity index (χ2v) is 23.6. The van der Waals surface area contributed by atoms with E-state index in [0.29, 0.717) is 11.5 Å². The maximum Gasteiger partial charge on any atom is 0.149 e. The third-order valence-corrected chi connectivity index (χ3v) is 16.6. The number of hydrogen-bond acceptors (Lipinski definition) is 5. The Labute approximate surface area is 484 Å². The van der Waals surface area contributed by atoms with Crippen molar-refractivity contribution in [2.75, 3.05) is 0 Å². The number of fused-ring (bicyclic) bond motifs is 7. The lowest BCUT2D eigenvalue weighted by molar-refractivity contribution is 0.483. The van der Waals surface area contributed by atoms with E-state index in [1.165, 1.54) is 50.2 Å². The fourth-order valence-corrected chi connectivity index (χ4v) is 12.5. The Morgan fingerprint density at radius 3 is 1.47 bits per heavy atom. The molecule has 7 heteroatoms. The molecule has 0 atom stereocenters. The monoisotopic (exact) mass is 1080 g/mol. The van der Waals surface area contributed by atoms with Crippen LogP contribution in [0.4, 0.5) is 0 Å². The van der Waals surface area contributed by atoms with E-state index in [9.17, 15) is 0 Å². The summed E-state index contributed by atoms with van der Waals surface area (Å²) >= 11 is 0. The molecule has 0 amide bonds. The summed E-state index contributed by atoms with van der Waals surface area (Å²) in [6.45, 7) is 20.4. The molecule has 0 aliphatic rings. The van der Waals surface area contributed by atoms with Crippen molar-refractivity contribution in [2.24, 2.45) is 0 Å². The Balaban J connectivity index is 0.989. The molecule has 0 spiro atoms. The van der Waals surface area contributed by atoms with Crippen LogP contribution in [0.15, 0.2) is 211 Å². The quantitative estimate of drug-likeness (QED) is 0.114. The lowest BCUT2D eigenvalue weighted by atomic mass is 9.88. The molecule has 0 aliphatic carbocycles. The van der Waals surface area contributed by atoms with Crippen molar-refractivity contribution in [3.8, 4) is 67.9 Å². The van der Waals surface area contributed by atoms with Crippen LogP contribution in [0.25, 0.3) is 122 Å². The number of rotatable bonds is 12. The minimum atomic E-state index is 0.185. The van der Waals surface area contributed by atoms with Crippen molar-refractivity contribution in [2.45, 2.75) is 86.0 Å². The van der Waals surface area contributed by atoms with E-state index in [4.69, 9.17) is 24.1 Å². The lowest BCUT2D eigenvalue weighted by Gasteiger charge is -2.24.